The number of rotatable bonds is 4. The molecule has 36 heavy (non-hydrogen) atoms. The van der Waals surface area contributed by atoms with Gasteiger partial charge in [0.05, 0.1) is 11.6 Å². The molecule has 1 heterocycles. The van der Waals surface area contributed by atoms with Crippen LogP contribution in [0.3, 0.4) is 0 Å². The second kappa shape index (κ2) is 9.22. The summed E-state index contributed by atoms with van der Waals surface area (Å²) in [5.74, 6) is -4.27. The number of aliphatic hydroxyl groups is 1. The monoisotopic (exact) mass is 488 g/mol. The van der Waals surface area contributed by atoms with Gasteiger partial charge in [-0.15, -0.1) is 0 Å². The van der Waals surface area contributed by atoms with Gasteiger partial charge in [0.2, 0.25) is 0 Å². The Kier molecular flexibility index (Phi) is 6.08. The first kappa shape index (κ1) is 23.7. The molecule has 7 heteroatoms. The van der Waals surface area contributed by atoms with E-state index in [1.165, 1.54) is 11.6 Å². The SMILES string of the molecule is CN(C)c1ccc(C2/C(=C(/O)c3ccc4c(c3)CCCC4)C(=O)C(=O)N2c2ccc(F)c(F)c2)cc1. The Bertz CT molecular complexity index is 1400. The summed E-state index contributed by atoms with van der Waals surface area (Å²) in [6, 6.07) is 14.8. The zero-order chi connectivity index (χ0) is 25.6. The predicted molar refractivity (Wildman–Crippen MR) is 135 cm³/mol. The van der Waals surface area contributed by atoms with Gasteiger partial charge in [0.25, 0.3) is 11.7 Å². The van der Waals surface area contributed by atoms with Crippen LogP contribution in [0.5, 0.6) is 0 Å². The number of benzene rings is 3. The number of ketones is 1. The second-order valence-corrected chi connectivity index (χ2v) is 9.44. The smallest absolute Gasteiger partial charge is 0.300 e. The maximum Gasteiger partial charge on any atom is 0.300 e. The van der Waals surface area contributed by atoms with Gasteiger partial charge in [0.15, 0.2) is 11.6 Å². The van der Waals surface area contributed by atoms with Crippen molar-refractivity contribution in [3.63, 3.8) is 0 Å². The second-order valence-electron chi connectivity index (χ2n) is 9.44. The molecule has 184 valence electrons. The van der Waals surface area contributed by atoms with Crippen LogP contribution in [0.4, 0.5) is 20.2 Å². The van der Waals surface area contributed by atoms with Crippen LogP contribution < -0.4 is 9.80 Å². The highest BCUT2D eigenvalue weighted by Crippen LogP contribution is 2.43. The van der Waals surface area contributed by atoms with Gasteiger partial charge < -0.3 is 10.0 Å². The number of fused-ring (bicyclic) bond motifs is 1. The van der Waals surface area contributed by atoms with Crippen molar-refractivity contribution in [2.75, 3.05) is 23.9 Å². The summed E-state index contributed by atoms with van der Waals surface area (Å²) in [5, 5.41) is 11.4. The highest BCUT2D eigenvalue weighted by molar-refractivity contribution is 6.51. The summed E-state index contributed by atoms with van der Waals surface area (Å²) in [6.45, 7) is 0. The summed E-state index contributed by atoms with van der Waals surface area (Å²) >= 11 is 0. The van der Waals surface area contributed by atoms with E-state index in [2.05, 4.69) is 0 Å². The van der Waals surface area contributed by atoms with Crippen molar-refractivity contribution in [3.05, 3.63) is 100 Å². The fourth-order valence-electron chi connectivity index (χ4n) is 5.04. The minimum atomic E-state index is -1.13. The highest BCUT2D eigenvalue weighted by Gasteiger charge is 2.47. The Morgan fingerprint density at radius 2 is 1.58 bits per heavy atom. The largest absolute Gasteiger partial charge is 0.507 e. The molecule has 0 saturated carbocycles. The van der Waals surface area contributed by atoms with Crippen molar-refractivity contribution < 1.29 is 23.5 Å². The number of carbonyl (C=O) groups is 2. The van der Waals surface area contributed by atoms with Crippen molar-refractivity contribution in [2.24, 2.45) is 0 Å². The quantitative estimate of drug-likeness (QED) is 0.298. The number of anilines is 2. The number of amides is 1. The summed E-state index contributed by atoms with van der Waals surface area (Å²) in [7, 11) is 3.77. The molecule has 3 aromatic carbocycles. The van der Waals surface area contributed by atoms with Crippen LogP contribution in [0.25, 0.3) is 5.76 Å². The molecule has 5 nitrogen and oxygen atoms in total. The molecule has 1 aliphatic heterocycles. The molecule has 0 radical (unpaired) electrons. The minimum absolute atomic E-state index is 0.0298. The van der Waals surface area contributed by atoms with E-state index in [-0.39, 0.29) is 17.0 Å². The molecule has 0 bridgehead atoms. The van der Waals surface area contributed by atoms with Gasteiger partial charge in [0, 0.05) is 37.1 Å². The Morgan fingerprint density at radius 3 is 2.25 bits per heavy atom. The predicted octanol–water partition coefficient (Wildman–Crippen LogP) is 5.54. The van der Waals surface area contributed by atoms with Crippen molar-refractivity contribution in [2.45, 2.75) is 31.7 Å². The van der Waals surface area contributed by atoms with Crippen LogP contribution in [-0.4, -0.2) is 30.9 Å². The van der Waals surface area contributed by atoms with Gasteiger partial charge in [-0.25, -0.2) is 8.78 Å². The van der Waals surface area contributed by atoms with Gasteiger partial charge in [-0.3, -0.25) is 14.5 Å². The molecule has 3 aromatic rings. The molecule has 1 unspecified atom stereocenters. The Labute approximate surface area is 208 Å². The van der Waals surface area contributed by atoms with Crippen LogP contribution in [-0.2, 0) is 22.4 Å². The molecule has 2 aliphatic rings. The van der Waals surface area contributed by atoms with Crippen molar-refractivity contribution in [1.82, 2.24) is 0 Å². The summed E-state index contributed by atoms with van der Waals surface area (Å²) in [4.78, 5) is 29.6. The van der Waals surface area contributed by atoms with Crippen molar-refractivity contribution >= 4 is 28.8 Å². The zero-order valence-electron chi connectivity index (χ0n) is 20.1. The van der Waals surface area contributed by atoms with Crippen LogP contribution in [0.1, 0.15) is 41.1 Å². The molecular formula is C29H26F2N2O3. The summed E-state index contributed by atoms with van der Waals surface area (Å²) in [5.41, 5.74) is 4.19. The molecule has 1 N–H and O–H groups in total. The standard InChI is InChI=1S/C29H26F2N2O3/c1-32(2)21-11-9-18(10-12-21)26-25(27(34)20-8-7-17-5-3-4-6-19(17)15-20)28(35)29(36)33(26)22-13-14-23(30)24(31)16-22/h7-16,26,34H,3-6H2,1-2H3/b27-25-. The van der Waals surface area contributed by atoms with Gasteiger partial charge in [-0.05, 0) is 72.7 Å². The van der Waals surface area contributed by atoms with Gasteiger partial charge >= 0.3 is 0 Å². The Balaban J connectivity index is 1.69. The lowest BCUT2D eigenvalue weighted by atomic mass is 9.88. The molecule has 1 fully saturated rings. The van der Waals surface area contributed by atoms with E-state index in [9.17, 15) is 23.5 Å². The number of hydrogen-bond acceptors (Lipinski definition) is 4. The third kappa shape index (κ3) is 4.04. The molecule has 0 spiro atoms. The molecule has 1 saturated heterocycles. The van der Waals surface area contributed by atoms with Crippen molar-refractivity contribution in [3.8, 4) is 0 Å². The maximum atomic E-state index is 14.1. The fraction of sp³-hybridized carbons (Fsp3) is 0.241. The van der Waals surface area contributed by atoms with Crippen LogP contribution in [0, 0.1) is 11.6 Å². The van der Waals surface area contributed by atoms with E-state index in [0.717, 1.165) is 54.0 Å². The Morgan fingerprint density at radius 1 is 0.889 bits per heavy atom. The molecule has 0 aromatic heterocycles. The van der Waals surface area contributed by atoms with Gasteiger partial charge in [0.1, 0.15) is 5.76 Å². The third-order valence-corrected chi connectivity index (χ3v) is 6.97. The number of nitrogens with zero attached hydrogens (tertiary/aromatic N) is 2. The number of aryl methyl sites for hydroxylation is 2. The Hall–Kier alpha value is -4.00. The summed E-state index contributed by atoms with van der Waals surface area (Å²) in [6.07, 6.45) is 4.01. The lowest BCUT2D eigenvalue weighted by Crippen LogP contribution is -2.29. The molecule has 1 atom stereocenters. The summed E-state index contributed by atoms with van der Waals surface area (Å²) < 4.78 is 27.8. The maximum absolute atomic E-state index is 14.1. The topological polar surface area (TPSA) is 60.9 Å². The number of aliphatic hydroxyl groups excluding tert-OH is 1. The highest BCUT2D eigenvalue weighted by atomic mass is 19.2. The van der Waals surface area contributed by atoms with Crippen molar-refractivity contribution in [1.29, 1.82) is 0 Å². The molecule has 5 rings (SSSR count). The van der Waals surface area contributed by atoms with E-state index >= 15 is 0 Å². The first-order valence-electron chi connectivity index (χ1n) is 11.9. The first-order chi connectivity index (χ1) is 17.3. The van der Waals surface area contributed by atoms with Gasteiger partial charge in [-0.1, -0.05) is 24.3 Å². The van der Waals surface area contributed by atoms with E-state index in [0.29, 0.717) is 11.1 Å². The normalized spacial score (nSPS) is 18.9. The minimum Gasteiger partial charge on any atom is -0.507 e. The molecular weight excluding hydrogens is 462 g/mol. The van der Waals surface area contributed by atoms with Gasteiger partial charge in [-0.2, -0.15) is 0 Å². The first-order valence-corrected chi connectivity index (χ1v) is 11.9. The number of halogens is 2. The number of hydrogen-bond donors (Lipinski definition) is 1. The average Bonchev–Trinajstić information content (AvgIpc) is 3.15. The lowest BCUT2D eigenvalue weighted by molar-refractivity contribution is -0.132. The molecule has 1 amide bonds. The zero-order valence-corrected chi connectivity index (χ0v) is 20.1. The fourth-order valence-corrected chi connectivity index (χ4v) is 5.04. The third-order valence-electron chi connectivity index (χ3n) is 6.97. The van der Waals surface area contributed by atoms with E-state index in [1.54, 1.807) is 18.2 Å². The van der Waals surface area contributed by atoms with E-state index in [4.69, 9.17) is 0 Å². The lowest BCUT2D eigenvalue weighted by Gasteiger charge is -2.26. The van der Waals surface area contributed by atoms with E-state index in [1.807, 2.05) is 43.3 Å². The molecule has 1 aliphatic carbocycles. The van der Waals surface area contributed by atoms with E-state index < -0.39 is 29.4 Å². The number of carbonyl (C=O) groups excluding carboxylic acids is 2. The van der Waals surface area contributed by atoms with Crippen LogP contribution in [0.2, 0.25) is 0 Å². The van der Waals surface area contributed by atoms with Crippen LogP contribution in [0.15, 0.2) is 66.2 Å². The average molecular weight is 489 g/mol. The number of Topliss-reactive ketones (excluding diaryl/α,β-unsaturated/α-hetero) is 1. The van der Waals surface area contributed by atoms with Crippen LogP contribution >= 0.6 is 0 Å².